The van der Waals surface area contributed by atoms with Crippen molar-refractivity contribution in [3.8, 4) is 0 Å². The zero-order chi connectivity index (χ0) is 28.2. The van der Waals surface area contributed by atoms with Crippen molar-refractivity contribution in [2.24, 2.45) is 0 Å². The number of rotatable bonds is 13. The molecule has 1 aromatic heterocycles. The summed E-state index contributed by atoms with van der Waals surface area (Å²) >= 11 is 2.45. The minimum Gasteiger partial charge on any atom is -0.748 e. The first-order valence-corrected chi connectivity index (χ1v) is 15.4. The Hall–Kier alpha value is -0.990. The van der Waals surface area contributed by atoms with E-state index in [0.717, 1.165) is 4.90 Å². The van der Waals surface area contributed by atoms with E-state index in [-0.39, 0.29) is 82.7 Å². The molecule has 4 rings (SSSR count). The fourth-order valence-electron chi connectivity index (χ4n) is 4.11. The molecule has 1 fully saturated rings. The average Bonchev–Trinajstić information content (AvgIpc) is 3.36. The Labute approximate surface area is 288 Å². The first kappa shape index (κ1) is 36.2. The molecule has 2 aliphatic rings. The summed E-state index contributed by atoms with van der Waals surface area (Å²) < 4.78 is 33.6. The molecule has 2 N–H and O–H groups in total. The van der Waals surface area contributed by atoms with E-state index in [0.29, 0.717) is 35.7 Å². The molecule has 14 nitrogen and oxygen atoms in total. The third-order valence-electron chi connectivity index (χ3n) is 6.04. The molecule has 2 amide bonds. The number of β-lactam (4-membered cyclic amide) rings is 1. The van der Waals surface area contributed by atoms with Crippen LogP contribution in [0.2, 0.25) is 0 Å². The molecular weight excluding hydrogens is 618 g/mol. The molecule has 0 bridgehead atoms. The van der Waals surface area contributed by atoms with Crippen LogP contribution in [0.1, 0.15) is 30.9 Å². The van der Waals surface area contributed by atoms with Gasteiger partial charge in [-0.3, -0.25) is 14.5 Å². The third-order valence-corrected chi connectivity index (χ3v) is 9.21. The van der Waals surface area contributed by atoms with Gasteiger partial charge in [-0.1, -0.05) is 48.5 Å². The molecule has 0 aliphatic carbocycles. The number of hydrogen-bond acceptors (Lipinski definition) is 13. The second-order valence-electron chi connectivity index (χ2n) is 8.74. The van der Waals surface area contributed by atoms with E-state index >= 15 is 0 Å². The fraction of sp³-hybridized carbons (Fsp3) is 0.455. The molecule has 2 aromatic rings. The van der Waals surface area contributed by atoms with Crippen LogP contribution in [0.4, 0.5) is 0 Å². The number of nitrogens with zero attached hydrogens (tertiary/aromatic N) is 5. The number of carbonyl (C=O) groups excluding carboxylic acids is 3. The zero-order valence-corrected chi connectivity index (χ0v) is 28.8. The first-order chi connectivity index (χ1) is 18.6. The number of aliphatic hydroxyl groups is 1. The van der Waals surface area contributed by atoms with Gasteiger partial charge in [0.05, 0.1) is 21.8 Å². The standard InChI is InChI=1S/C22H26N6O8S3.2Na/c29-17(13-7-3-1-4-8-13)18(30)23-15-19(31)28-16(21(32)33)14(11-37-20(15)28)12-38-22-24-25-26-27(22)9-5-2-6-10-39(34,35)36;;/h1,3-4,7-8,15,17,20,29H,2,5-6,9-12H2,(H,23,30)(H,32,33)(H,34,35,36);;/q;2*+1/p-2/t15?,17-,20-;;/m1../s1. The Morgan fingerprint density at radius 2 is 1.90 bits per heavy atom. The number of carboxylic acids is 1. The van der Waals surface area contributed by atoms with Crippen molar-refractivity contribution >= 4 is 51.4 Å². The van der Waals surface area contributed by atoms with Crippen LogP contribution in [0.25, 0.3) is 0 Å². The number of carbonyl (C=O) groups is 3. The molecule has 2 aliphatic heterocycles. The second-order valence-corrected chi connectivity index (χ2v) is 12.3. The number of fused-ring (bicyclic) bond motifs is 1. The number of amides is 2. The van der Waals surface area contributed by atoms with Gasteiger partial charge in [-0.05, 0) is 34.4 Å². The van der Waals surface area contributed by atoms with Gasteiger partial charge in [0.2, 0.25) is 5.16 Å². The minimum atomic E-state index is -4.25. The zero-order valence-electron chi connectivity index (χ0n) is 22.3. The Balaban J connectivity index is 0.00000294. The van der Waals surface area contributed by atoms with Crippen molar-refractivity contribution in [3.63, 3.8) is 0 Å². The van der Waals surface area contributed by atoms with Crippen LogP contribution < -0.4 is 69.5 Å². The maximum Gasteiger partial charge on any atom is 1.00 e. The number of benzene rings is 1. The van der Waals surface area contributed by atoms with Gasteiger partial charge in [-0.25, -0.2) is 13.1 Å². The quantitative estimate of drug-likeness (QED) is 0.0685. The van der Waals surface area contributed by atoms with E-state index in [2.05, 4.69) is 20.8 Å². The largest absolute Gasteiger partial charge is 1.00 e. The summed E-state index contributed by atoms with van der Waals surface area (Å²) in [5.41, 5.74) is 0.532. The average molecular weight is 643 g/mol. The van der Waals surface area contributed by atoms with E-state index in [1.54, 1.807) is 30.3 Å². The normalized spacial score (nSPS) is 18.9. The maximum absolute atomic E-state index is 12.9. The van der Waals surface area contributed by atoms with Crippen molar-refractivity contribution < 1.29 is 96.7 Å². The molecule has 0 saturated carbocycles. The summed E-state index contributed by atoms with van der Waals surface area (Å²) in [6.07, 6.45) is -0.226. The van der Waals surface area contributed by atoms with Gasteiger partial charge in [0.25, 0.3) is 11.8 Å². The third kappa shape index (κ3) is 9.25. The minimum absolute atomic E-state index is 0. The van der Waals surface area contributed by atoms with E-state index in [1.165, 1.54) is 28.2 Å². The summed E-state index contributed by atoms with van der Waals surface area (Å²) in [7, 11) is -4.25. The van der Waals surface area contributed by atoms with Crippen LogP contribution in [0.3, 0.4) is 0 Å². The number of aliphatic carboxylic acids is 1. The van der Waals surface area contributed by atoms with Crippen molar-refractivity contribution in [1.82, 2.24) is 30.4 Å². The predicted molar refractivity (Wildman–Crippen MR) is 135 cm³/mol. The molecule has 1 aromatic carbocycles. The Kier molecular flexibility index (Phi) is 14.3. The number of nitrogens with one attached hydrogen (secondary N) is 1. The van der Waals surface area contributed by atoms with Crippen molar-refractivity contribution in [2.75, 3.05) is 17.3 Å². The summed E-state index contributed by atoms with van der Waals surface area (Å²) in [6.45, 7) is 0.373. The molecule has 1 saturated heterocycles. The molecule has 19 heteroatoms. The molecule has 0 radical (unpaired) electrons. The van der Waals surface area contributed by atoms with Crippen LogP contribution in [-0.4, -0.2) is 89.6 Å². The van der Waals surface area contributed by atoms with E-state index in [4.69, 9.17) is 0 Å². The van der Waals surface area contributed by atoms with Crippen LogP contribution >= 0.6 is 23.5 Å². The summed E-state index contributed by atoms with van der Waals surface area (Å²) in [6, 6.07) is 7.23. The number of thioether (sulfide) groups is 2. The van der Waals surface area contributed by atoms with Crippen molar-refractivity contribution in [2.45, 2.75) is 48.5 Å². The molecule has 3 heterocycles. The number of aryl methyl sites for hydroxylation is 1. The molecule has 210 valence electrons. The summed E-state index contributed by atoms with van der Waals surface area (Å²) in [5.74, 6) is -2.92. The van der Waals surface area contributed by atoms with Gasteiger partial charge in [-0.15, -0.1) is 16.9 Å². The van der Waals surface area contributed by atoms with Crippen LogP contribution in [0, 0.1) is 0 Å². The van der Waals surface area contributed by atoms with E-state index in [9.17, 15) is 37.6 Å². The summed E-state index contributed by atoms with van der Waals surface area (Å²) in [4.78, 5) is 38.5. The second kappa shape index (κ2) is 16.2. The van der Waals surface area contributed by atoms with Gasteiger partial charge in [-0.2, -0.15) is 0 Å². The Morgan fingerprint density at radius 1 is 1.20 bits per heavy atom. The molecular formula is C22H24N6Na2O8S3. The van der Waals surface area contributed by atoms with Gasteiger partial charge < -0.3 is 24.9 Å². The molecule has 3 atom stereocenters. The first-order valence-electron chi connectivity index (χ1n) is 11.8. The van der Waals surface area contributed by atoms with Gasteiger partial charge >= 0.3 is 59.1 Å². The molecule has 0 spiro atoms. The Bertz CT molecular complexity index is 1380. The smallest absolute Gasteiger partial charge is 0.748 e. The van der Waals surface area contributed by atoms with Crippen molar-refractivity contribution in [3.05, 3.63) is 47.2 Å². The maximum atomic E-state index is 12.9. The number of tetrazole rings is 1. The Morgan fingerprint density at radius 3 is 2.56 bits per heavy atom. The van der Waals surface area contributed by atoms with Gasteiger partial charge in [0, 0.05) is 23.8 Å². The van der Waals surface area contributed by atoms with Crippen LogP contribution in [0.5, 0.6) is 0 Å². The topological polar surface area (TPSA) is 211 Å². The fourth-order valence-corrected chi connectivity index (χ4v) is 7.06. The van der Waals surface area contributed by atoms with Gasteiger partial charge in [0.15, 0.2) is 6.10 Å². The predicted octanol–water partition coefficient (Wildman–Crippen LogP) is -7.37. The number of hydrogen-bond donors (Lipinski definition) is 2. The van der Waals surface area contributed by atoms with Crippen molar-refractivity contribution in [1.29, 1.82) is 0 Å². The number of carboxylic acid groups (broad SMARTS) is 1. The number of aromatic nitrogens is 4. The van der Waals surface area contributed by atoms with Gasteiger partial charge in [0.1, 0.15) is 11.4 Å². The monoisotopic (exact) mass is 642 g/mol. The SMILES string of the molecule is O=C([O-])C1=C(CSc2nnnn2CCCCCS(=O)(=O)[O-])CS[C@@H]2C(NC(=O)[C@H](O)c3ccccc3)C(=O)N12.[Na+].[Na+]. The summed E-state index contributed by atoms with van der Waals surface area (Å²) in [5, 5.41) is 36.0. The van der Waals surface area contributed by atoms with Crippen LogP contribution in [-0.2, 0) is 31.0 Å². The van der Waals surface area contributed by atoms with Crippen LogP contribution in [0.15, 0.2) is 46.8 Å². The molecule has 41 heavy (non-hydrogen) atoms. The van der Waals surface area contributed by atoms with E-state index < -0.39 is 51.2 Å². The molecule has 1 unspecified atom stereocenters. The number of aliphatic hydroxyl groups excluding tert-OH is 1. The number of unbranched alkanes of at least 4 members (excludes halogenated alkanes) is 2. The van der Waals surface area contributed by atoms with E-state index in [1.807, 2.05) is 0 Å².